The summed E-state index contributed by atoms with van der Waals surface area (Å²) in [6.07, 6.45) is 3.39. The number of nitrogens with zero attached hydrogens (tertiary/aromatic N) is 1. The maximum atomic E-state index is 12.8. The lowest BCUT2D eigenvalue weighted by Crippen LogP contribution is -2.40. The van der Waals surface area contributed by atoms with Crippen molar-refractivity contribution in [3.8, 4) is 17.2 Å². The zero-order valence-electron chi connectivity index (χ0n) is 17.0. The predicted octanol–water partition coefficient (Wildman–Crippen LogP) is 5.28. The first kappa shape index (κ1) is 18.9. The van der Waals surface area contributed by atoms with Gasteiger partial charge < -0.3 is 14.4 Å². The van der Waals surface area contributed by atoms with E-state index in [0.29, 0.717) is 17.2 Å². The molecule has 2 aromatic carbocycles. The number of fused-ring (bicyclic) bond motifs is 2. The second-order valence-corrected chi connectivity index (χ2v) is 9.41. The molecular weight excluding hydrogens is 350 g/mol. The van der Waals surface area contributed by atoms with Crippen LogP contribution in [0.4, 0.5) is 0 Å². The molecule has 1 heterocycles. The highest BCUT2D eigenvalue weighted by atomic mass is 16.5. The molecule has 4 rings (SSSR count). The molecule has 0 N–H and O–H groups in total. The lowest BCUT2D eigenvalue weighted by Gasteiger charge is -2.39. The summed E-state index contributed by atoms with van der Waals surface area (Å²) >= 11 is 0. The Morgan fingerprint density at radius 1 is 0.964 bits per heavy atom. The van der Waals surface area contributed by atoms with E-state index in [1.54, 1.807) is 0 Å². The molecule has 4 nitrogen and oxygen atoms in total. The molecule has 2 aromatic rings. The third-order valence-electron chi connectivity index (χ3n) is 5.90. The number of carbonyl (C=O) groups is 1. The minimum atomic E-state index is 0.0892. The van der Waals surface area contributed by atoms with Crippen molar-refractivity contribution in [3.63, 3.8) is 0 Å². The lowest BCUT2D eigenvalue weighted by molar-refractivity contribution is -0.134. The summed E-state index contributed by atoms with van der Waals surface area (Å²) in [6, 6.07) is 17.4. The highest BCUT2D eigenvalue weighted by molar-refractivity contribution is 5.78. The molecule has 0 spiro atoms. The van der Waals surface area contributed by atoms with E-state index in [2.05, 4.69) is 25.7 Å². The molecule has 4 heteroatoms. The van der Waals surface area contributed by atoms with Crippen LogP contribution < -0.4 is 9.47 Å². The standard InChI is InChI=1S/C24H29NO3/c1-23(2)13-18-14-24(3,16-23)17-25(18)22(26)15-27-19-9-11-21(12-10-19)28-20-7-5-4-6-8-20/h4-12,18H,13-17H2,1-3H3/t18-,24+/m0/s1. The summed E-state index contributed by atoms with van der Waals surface area (Å²) < 4.78 is 11.6. The quantitative estimate of drug-likeness (QED) is 0.709. The third-order valence-corrected chi connectivity index (χ3v) is 5.90. The summed E-state index contributed by atoms with van der Waals surface area (Å²) in [7, 11) is 0. The summed E-state index contributed by atoms with van der Waals surface area (Å²) in [4.78, 5) is 14.9. The van der Waals surface area contributed by atoms with Gasteiger partial charge in [0.15, 0.2) is 6.61 Å². The van der Waals surface area contributed by atoms with Crippen LogP contribution in [0.2, 0.25) is 0 Å². The molecule has 1 amide bonds. The van der Waals surface area contributed by atoms with Gasteiger partial charge in [0.25, 0.3) is 5.91 Å². The van der Waals surface area contributed by atoms with Gasteiger partial charge in [-0.2, -0.15) is 0 Å². The van der Waals surface area contributed by atoms with Gasteiger partial charge in [-0.25, -0.2) is 0 Å². The molecule has 2 aliphatic rings. The second-order valence-electron chi connectivity index (χ2n) is 9.41. The van der Waals surface area contributed by atoms with Gasteiger partial charge in [0.2, 0.25) is 0 Å². The largest absolute Gasteiger partial charge is 0.484 e. The minimum Gasteiger partial charge on any atom is -0.484 e. The number of amides is 1. The summed E-state index contributed by atoms with van der Waals surface area (Å²) in [5.74, 6) is 2.31. The van der Waals surface area contributed by atoms with Crippen LogP contribution >= 0.6 is 0 Å². The van der Waals surface area contributed by atoms with Crippen molar-refractivity contribution in [1.82, 2.24) is 4.90 Å². The lowest BCUT2D eigenvalue weighted by atomic mass is 9.65. The number of hydrogen-bond acceptors (Lipinski definition) is 3. The topological polar surface area (TPSA) is 38.8 Å². The van der Waals surface area contributed by atoms with Crippen molar-refractivity contribution in [2.24, 2.45) is 10.8 Å². The van der Waals surface area contributed by atoms with Crippen molar-refractivity contribution in [3.05, 3.63) is 54.6 Å². The molecule has 28 heavy (non-hydrogen) atoms. The van der Waals surface area contributed by atoms with Crippen molar-refractivity contribution in [2.45, 2.75) is 46.1 Å². The van der Waals surface area contributed by atoms with E-state index in [1.807, 2.05) is 54.6 Å². The molecule has 1 aliphatic carbocycles. The normalized spacial score (nSPS) is 25.4. The average Bonchev–Trinajstić information content (AvgIpc) is 2.90. The smallest absolute Gasteiger partial charge is 0.260 e. The minimum absolute atomic E-state index is 0.0892. The van der Waals surface area contributed by atoms with Crippen LogP contribution in [0, 0.1) is 10.8 Å². The molecule has 0 unspecified atom stereocenters. The monoisotopic (exact) mass is 379 g/mol. The fourth-order valence-corrected chi connectivity index (χ4v) is 5.21. The Bertz CT molecular complexity index is 831. The number of likely N-dealkylation sites (tertiary alicyclic amines) is 1. The maximum Gasteiger partial charge on any atom is 0.260 e. The van der Waals surface area contributed by atoms with E-state index in [-0.39, 0.29) is 17.9 Å². The molecule has 1 saturated carbocycles. The van der Waals surface area contributed by atoms with Crippen molar-refractivity contribution >= 4 is 5.91 Å². The zero-order valence-corrected chi connectivity index (χ0v) is 17.0. The summed E-state index contributed by atoms with van der Waals surface area (Å²) in [5.41, 5.74) is 0.556. The molecule has 1 aliphatic heterocycles. The molecule has 2 atom stereocenters. The van der Waals surface area contributed by atoms with Crippen molar-refractivity contribution < 1.29 is 14.3 Å². The number of rotatable bonds is 5. The van der Waals surface area contributed by atoms with Gasteiger partial charge in [-0.3, -0.25) is 4.79 Å². The molecular formula is C24H29NO3. The fraction of sp³-hybridized carbons (Fsp3) is 0.458. The van der Waals surface area contributed by atoms with E-state index in [9.17, 15) is 4.79 Å². The highest BCUT2D eigenvalue weighted by Crippen LogP contribution is 2.52. The summed E-state index contributed by atoms with van der Waals surface area (Å²) in [5, 5.41) is 0. The molecule has 1 saturated heterocycles. The maximum absolute atomic E-state index is 12.8. The van der Waals surface area contributed by atoms with Crippen LogP contribution in [0.3, 0.4) is 0 Å². The van der Waals surface area contributed by atoms with E-state index in [0.717, 1.165) is 30.9 Å². The Morgan fingerprint density at radius 3 is 2.32 bits per heavy atom. The van der Waals surface area contributed by atoms with Crippen LogP contribution in [-0.4, -0.2) is 30.0 Å². The fourth-order valence-electron chi connectivity index (χ4n) is 5.21. The van der Waals surface area contributed by atoms with Crippen LogP contribution in [0.15, 0.2) is 54.6 Å². The van der Waals surface area contributed by atoms with E-state index in [1.165, 1.54) is 6.42 Å². The molecule has 0 radical (unpaired) electrons. The SMILES string of the molecule is CC1(C)C[C@H]2C[C@@](C)(CN2C(=O)COc2ccc(Oc3ccccc3)cc2)C1. The Balaban J connectivity index is 1.33. The number of para-hydroxylation sites is 1. The summed E-state index contributed by atoms with van der Waals surface area (Å²) in [6.45, 7) is 7.90. The van der Waals surface area contributed by atoms with Gasteiger partial charge in [-0.1, -0.05) is 39.0 Å². The first-order chi connectivity index (χ1) is 13.3. The Kier molecular flexibility index (Phi) is 4.82. The van der Waals surface area contributed by atoms with Gasteiger partial charge >= 0.3 is 0 Å². The van der Waals surface area contributed by atoms with Crippen LogP contribution in [0.25, 0.3) is 0 Å². The Hall–Kier alpha value is -2.49. The average molecular weight is 380 g/mol. The molecule has 148 valence electrons. The van der Waals surface area contributed by atoms with Crippen LogP contribution in [0.5, 0.6) is 17.2 Å². The molecule has 2 bridgehead atoms. The Labute approximate surface area is 167 Å². The number of hydrogen-bond donors (Lipinski definition) is 0. The van der Waals surface area contributed by atoms with Crippen LogP contribution in [0.1, 0.15) is 40.0 Å². The predicted molar refractivity (Wildman–Crippen MR) is 110 cm³/mol. The van der Waals surface area contributed by atoms with Crippen molar-refractivity contribution in [1.29, 1.82) is 0 Å². The van der Waals surface area contributed by atoms with Gasteiger partial charge in [-0.05, 0) is 66.5 Å². The van der Waals surface area contributed by atoms with Gasteiger partial charge in [0.05, 0.1) is 0 Å². The first-order valence-corrected chi connectivity index (χ1v) is 10.1. The number of ether oxygens (including phenoxy) is 2. The Morgan fingerprint density at radius 2 is 1.61 bits per heavy atom. The number of carbonyl (C=O) groups excluding carboxylic acids is 1. The van der Waals surface area contributed by atoms with Gasteiger partial charge in [-0.15, -0.1) is 0 Å². The first-order valence-electron chi connectivity index (χ1n) is 10.1. The third kappa shape index (κ3) is 4.16. The molecule has 0 aromatic heterocycles. The van der Waals surface area contributed by atoms with E-state index < -0.39 is 0 Å². The van der Waals surface area contributed by atoms with Gasteiger partial charge in [0.1, 0.15) is 17.2 Å². The number of benzene rings is 2. The zero-order chi connectivity index (χ0) is 19.8. The van der Waals surface area contributed by atoms with E-state index in [4.69, 9.17) is 9.47 Å². The highest BCUT2D eigenvalue weighted by Gasteiger charge is 2.50. The van der Waals surface area contributed by atoms with Crippen LogP contribution in [-0.2, 0) is 4.79 Å². The van der Waals surface area contributed by atoms with Gasteiger partial charge in [0, 0.05) is 12.6 Å². The molecule has 2 fully saturated rings. The van der Waals surface area contributed by atoms with Crippen molar-refractivity contribution in [2.75, 3.05) is 13.2 Å². The second kappa shape index (κ2) is 7.16. The van der Waals surface area contributed by atoms with E-state index >= 15 is 0 Å².